The van der Waals surface area contributed by atoms with Crippen LogP contribution in [0.2, 0.25) is 0 Å². The number of rotatable bonds is 3. The minimum Gasteiger partial charge on any atom is -0.478 e. The van der Waals surface area contributed by atoms with Crippen LogP contribution in [-0.2, 0) is 0 Å². The number of aryl methyl sites for hydroxylation is 1. The number of hydrogen-bond acceptors (Lipinski definition) is 1. The summed E-state index contributed by atoms with van der Waals surface area (Å²) in [5, 5.41) is 8.76. The lowest BCUT2D eigenvalue weighted by atomic mass is 10.0. The van der Waals surface area contributed by atoms with Gasteiger partial charge in [0.05, 0.1) is 5.56 Å². The summed E-state index contributed by atoms with van der Waals surface area (Å²) in [7, 11) is 0. The van der Waals surface area contributed by atoms with E-state index in [4.69, 9.17) is 5.11 Å². The molecule has 0 aliphatic carbocycles. The molecule has 1 N–H and O–H groups in total. The molecule has 0 fully saturated rings. The number of benzene rings is 1. The highest BCUT2D eigenvalue weighted by molar-refractivity contribution is 5.88. The van der Waals surface area contributed by atoms with Crippen LogP contribution in [0.5, 0.6) is 0 Å². The Morgan fingerprint density at radius 3 is 2.71 bits per heavy atom. The number of hydrogen-bond donors (Lipinski definition) is 1. The van der Waals surface area contributed by atoms with Gasteiger partial charge in [-0.05, 0) is 36.6 Å². The Bertz CT molecular complexity index is 365. The van der Waals surface area contributed by atoms with Crippen molar-refractivity contribution >= 4 is 12.0 Å². The van der Waals surface area contributed by atoms with Gasteiger partial charge in [-0.3, -0.25) is 0 Å². The Balaban J connectivity index is 3.01. The number of aromatic carboxylic acids is 1. The van der Waals surface area contributed by atoms with E-state index in [1.807, 2.05) is 19.1 Å². The van der Waals surface area contributed by atoms with Gasteiger partial charge < -0.3 is 5.11 Å². The summed E-state index contributed by atoms with van der Waals surface area (Å²) >= 11 is 0. The van der Waals surface area contributed by atoms with Gasteiger partial charge in [0.25, 0.3) is 0 Å². The third kappa shape index (κ3) is 2.46. The quantitative estimate of drug-likeness (QED) is 0.795. The smallest absolute Gasteiger partial charge is 0.335 e. The number of allylic oxidation sites excluding steroid dienone is 1. The zero-order valence-corrected chi connectivity index (χ0v) is 8.45. The van der Waals surface area contributed by atoms with E-state index in [0.717, 1.165) is 17.5 Å². The van der Waals surface area contributed by atoms with E-state index in [1.165, 1.54) is 0 Å². The fraction of sp³-hybridized carbons (Fsp3) is 0.250. The van der Waals surface area contributed by atoms with Crippen molar-refractivity contribution in [3.8, 4) is 0 Å². The topological polar surface area (TPSA) is 37.3 Å². The molecule has 14 heavy (non-hydrogen) atoms. The summed E-state index contributed by atoms with van der Waals surface area (Å²) in [5.41, 5.74) is 2.42. The van der Waals surface area contributed by atoms with Crippen LogP contribution in [0.3, 0.4) is 0 Å². The molecule has 0 unspecified atom stereocenters. The molecule has 0 radical (unpaired) electrons. The minimum atomic E-state index is -0.876. The predicted octanol–water partition coefficient (Wildman–Crippen LogP) is 3.12. The molecule has 0 saturated carbocycles. The van der Waals surface area contributed by atoms with Gasteiger partial charge in [0.1, 0.15) is 0 Å². The maximum atomic E-state index is 10.7. The second-order valence-electron chi connectivity index (χ2n) is 3.19. The van der Waals surface area contributed by atoms with Gasteiger partial charge in [0.2, 0.25) is 0 Å². The molecule has 2 nitrogen and oxygen atoms in total. The van der Waals surface area contributed by atoms with Crippen molar-refractivity contribution in [3.05, 3.63) is 41.0 Å². The summed E-state index contributed by atoms with van der Waals surface area (Å²) in [4.78, 5) is 10.7. The molecule has 0 atom stereocenters. The number of carboxylic acids is 1. The highest BCUT2D eigenvalue weighted by Crippen LogP contribution is 2.13. The van der Waals surface area contributed by atoms with Crippen molar-refractivity contribution in [1.29, 1.82) is 0 Å². The van der Waals surface area contributed by atoms with Crippen molar-refractivity contribution in [1.82, 2.24) is 0 Å². The third-order valence-electron chi connectivity index (χ3n) is 2.05. The van der Waals surface area contributed by atoms with Crippen LogP contribution in [0.1, 0.15) is 34.8 Å². The van der Waals surface area contributed by atoms with Crippen LogP contribution >= 0.6 is 0 Å². The van der Waals surface area contributed by atoms with Gasteiger partial charge in [-0.1, -0.05) is 25.1 Å². The fourth-order valence-corrected chi connectivity index (χ4v) is 1.24. The largest absolute Gasteiger partial charge is 0.478 e. The van der Waals surface area contributed by atoms with Crippen molar-refractivity contribution in [2.24, 2.45) is 0 Å². The van der Waals surface area contributed by atoms with E-state index >= 15 is 0 Å². The van der Waals surface area contributed by atoms with Crippen molar-refractivity contribution in [2.45, 2.75) is 20.3 Å². The van der Waals surface area contributed by atoms with Crippen molar-refractivity contribution < 1.29 is 9.90 Å². The summed E-state index contributed by atoms with van der Waals surface area (Å²) in [5.74, 6) is -0.876. The fourth-order valence-electron chi connectivity index (χ4n) is 1.24. The first kappa shape index (κ1) is 10.5. The Morgan fingerprint density at radius 2 is 2.21 bits per heavy atom. The van der Waals surface area contributed by atoms with Crippen LogP contribution < -0.4 is 0 Å². The van der Waals surface area contributed by atoms with E-state index in [1.54, 1.807) is 12.1 Å². The zero-order chi connectivity index (χ0) is 10.6. The normalized spacial score (nSPS) is 10.7. The molecule has 1 aromatic rings. The highest BCUT2D eigenvalue weighted by atomic mass is 16.4. The van der Waals surface area contributed by atoms with Crippen LogP contribution in [0.25, 0.3) is 6.08 Å². The molecular weight excluding hydrogens is 176 g/mol. The Kier molecular flexibility index (Phi) is 3.46. The molecule has 74 valence electrons. The van der Waals surface area contributed by atoms with E-state index in [9.17, 15) is 4.79 Å². The van der Waals surface area contributed by atoms with E-state index in [2.05, 4.69) is 13.0 Å². The SMILES string of the molecule is CC/C=C\c1ccc(C(=O)O)cc1C. The van der Waals surface area contributed by atoms with Gasteiger partial charge in [-0.2, -0.15) is 0 Å². The van der Waals surface area contributed by atoms with Crippen LogP contribution in [0.4, 0.5) is 0 Å². The van der Waals surface area contributed by atoms with Crippen LogP contribution in [0, 0.1) is 6.92 Å². The lowest BCUT2D eigenvalue weighted by Gasteiger charge is -2.01. The maximum Gasteiger partial charge on any atom is 0.335 e. The van der Waals surface area contributed by atoms with E-state index in [0.29, 0.717) is 5.56 Å². The monoisotopic (exact) mass is 190 g/mol. The molecule has 2 heteroatoms. The first-order valence-electron chi connectivity index (χ1n) is 4.65. The Hall–Kier alpha value is -1.57. The average molecular weight is 190 g/mol. The number of carboxylic acid groups (broad SMARTS) is 1. The average Bonchev–Trinajstić information content (AvgIpc) is 2.15. The Labute approximate surface area is 83.9 Å². The van der Waals surface area contributed by atoms with E-state index < -0.39 is 5.97 Å². The van der Waals surface area contributed by atoms with Crippen LogP contribution in [-0.4, -0.2) is 11.1 Å². The van der Waals surface area contributed by atoms with Crippen LogP contribution in [0.15, 0.2) is 24.3 Å². The second-order valence-corrected chi connectivity index (χ2v) is 3.19. The van der Waals surface area contributed by atoms with E-state index in [-0.39, 0.29) is 0 Å². The molecule has 1 rings (SSSR count). The zero-order valence-electron chi connectivity index (χ0n) is 8.45. The molecule has 1 aromatic carbocycles. The third-order valence-corrected chi connectivity index (χ3v) is 2.05. The predicted molar refractivity (Wildman–Crippen MR) is 57.5 cm³/mol. The van der Waals surface area contributed by atoms with Gasteiger partial charge in [-0.15, -0.1) is 0 Å². The summed E-state index contributed by atoms with van der Waals surface area (Å²) in [6.45, 7) is 3.99. The van der Waals surface area contributed by atoms with Gasteiger partial charge in [0.15, 0.2) is 0 Å². The standard InChI is InChI=1S/C12H14O2/c1-3-4-5-10-6-7-11(12(13)14)8-9(10)2/h4-8H,3H2,1-2H3,(H,13,14)/b5-4-. The van der Waals surface area contributed by atoms with Crippen molar-refractivity contribution in [2.75, 3.05) is 0 Å². The molecule has 0 aromatic heterocycles. The summed E-state index contributed by atoms with van der Waals surface area (Å²) in [6.07, 6.45) is 5.06. The van der Waals surface area contributed by atoms with Gasteiger partial charge in [0, 0.05) is 0 Å². The molecule has 0 saturated heterocycles. The van der Waals surface area contributed by atoms with Crippen molar-refractivity contribution in [3.63, 3.8) is 0 Å². The molecule has 0 heterocycles. The highest BCUT2D eigenvalue weighted by Gasteiger charge is 2.03. The molecular formula is C12H14O2. The summed E-state index contributed by atoms with van der Waals surface area (Å²) < 4.78 is 0. The maximum absolute atomic E-state index is 10.7. The minimum absolute atomic E-state index is 0.344. The molecule has 0 aliphatic rings. The molecule has 0 spiro atoms. The number of carbonyl (C=O) groups is 1. The van der Waals surface area contributed by atoms with Gasteiger partial charge >= 0.3 is 5.97 Å². The molecule has 0 aliphatic heterocycles. The lowest BCUT2D eigenvalue weighted by molar-refractivity contribution is 0.0697. The first-order valence-corrected chi connectivity index (χ1v) is 4.65. The lowest BCUT2D eigenvalue weighted by Crippen LogP contribution is -1.96. The second kappa shape index (κ2) is 4.61. The molecule has 0 bridgehead atoms. The van der Waals surface area contributed by atoms with Gasteiger partial charge in [-0.25, -0.2) is 4.79 Å². The first-order chi connectivity index (χ1) is 6.65. The molecule has 0 amide bonds. The summed E-state index contributed by atoms with van der Waals surface area (Å²) in [6, 6.07) is 5.16. The Morgan fingerprint density at radius 1 is 1.50 bits per heavy atom.